The van der Waals surface area contributed by atoms with Gasteiger partial charge in [-0.1, -0.05) is 42.0 Å². The average Bonchev–Trinajstić information content (AvgIpc) is 2.75. The Balaban J connectivity index is 2.14. The van der Waals surface area contributed by atoms with Gasteiger partial charge in [0.2, 0.25) is 0 Å². The fourth-order valence-electron chi connectivity index (χ4n) is 2.85. The van der Waals surface area contributed by atoms with Crippen molar-refractivity contribution < 1.29 is 42.9 Å². The molecule has 0 amide bonds. The van der Waals surface area contributed by atoms with Gasteiger partial charge in [0.1, 0.15) is 5.75 Å². The molecule has 2 N–H and O–H groups in total. The molecule has 2 aromatic carbocycles. The second-order valence-electron chi connectivity index (χ2n) is 7.53. The van der Waals surface area contributed by atoms with Crippen LogP contribution in [0.5, 0.6) is 5.75 Å². The van der Waals surface area contributed by atoms with Crippen molar-refractivity contribution in [3.63, 3.8) is 0 Å². The lowest BCUT2D eigenvalue weighted by molar-refractivity contribution is -0.142. The quantitative estimate of drug-likeness (QED) is 0.244. The molecule has 0 aromatic heterocycles. The molecule has 0 radical (unpaired) electrons. The Morgan fingerprint density at radius 2 is 1.42 bits per heavy atom. The lowest BCUT2D eigenvalue weighted by atomic mass is 10.1. The third-order valence-corrected chi connectivity index (χ3v) is 6.59. The van der Waals surface area contributed by atoms with Gasteiger partial charge < -0.3 is 24.0 Å². The summed E-state index contributed by atoms with van der Waals surface area (Å²) < 4.78 is 29.6. The van der Waals surface area contributed by atoms with E-state index in [4.69, 9.17) is 18.9 Å². The number of hydrogen-bond acceptors (Lipinski definition) is 7. The first-order valence-corrected chi connectivity index (χ1v) is 11.9. The summed E-state index contributed by atoms with van der Waals surface area (Å²) in [5.74, 6) is -3.76. The van der Waals surface area contributed by atoms with Crippen LogP contribution in [0.4, 0.5) is 0 Å². The van der Waals surface area contributed by atoms with Gasteiger partial charge in [0.05, 0.1) is 25.3 Å². The fourth-order valence-corrected chi connectivity index (χ4v) is 4.71. The molecule has 0 heterocycles. The SMILES string of the molecule is CC(=O)Oc1ccc(COP(=O)(CC(CCC(=O)O)C(=O)O)OCc2ccc(C)cc2)cc1. The minimum atomic E-state index is -3.93. The molecule has 2 unspecified atom stereocenters. The number of aryl methyl sites for hydroxylation is 1. The Bertz CT molecular complexity index is 1000. The number of carbonyl (C=O) groups is 3. The lowest BCUT2D eigenvalue weighted by Crippen LogP contribution is -2.21. The van der Waals surface area contributed by atoms with Crippen molar-refractivity contribution in [2.45, 2.75) is 39.9 Å². The largest absolute Gasteiger partial charge is 0.481 e. The molecule has 0 aliphatic rings. The van der Waals surface area contributed by atoms with Crippen molar-refractivity contribution in [2.75, 3.05) is 6.16 Å². The molecule has 0 bridgehead atoms. The van der Waals surface area contributed by atoms with Crippen LogP contribution in [0, 0.1) is 12.8 Å². The summed E-state index contributed by atoms with van der Waals surface area (Å²) in [4.78, 5) is 33.5. The van der Waals surface area contributed by atoms with Crippen molar-refractivity contribution in [3.8, 4) is 5.75 Å². The Kier molecular flexibility index (Phi) is 9.78. The average molecular weight is 478 g/mol. The highest BCUT2D eigenvalue weighted by atomic mass is 31.2. The van der Waals surface area contributed by atoms with Crippen LogP contribution in [0.15, 0.2) is 48.5 Å². The van der Waals surface area contributed by atoms with E-state index >= 15 is 0 Å². The molecule has 10 heteroatoms. The zero-order valence-electron chi connectivity index (χ0n) is 18.4. The molecule has 0 fully saturated rings. The van der Waals surface area contributed by atoms with Crippen molar-refractivity contribution >= 4 is 25.5 Å². The van der Waals surface area contributed by atoms with Gasteiger partial charge in [-0.05, 0) is 36.6 Å². The number of rotatable bonds is 13. The normalized spacial score (nSPS) is 13.6. The smallest absolute Gasteiger partial charge is 0.332 e. The number of hydrogen-bond donors (Lipinski definition) is 2. The number of esters is 1. The predicted octanol–water partition coefficient (Wildman–Crippen LogP) is 4.41. The summed E-state index contributed by atoms with van der Waals surface area (Å²) in [6.07, 6.45) is -1.05. The van der Waals surface area contributed by atoms with E-state index in [0.29, 0.717) is 11.3 Å². The van der Waals surface area contributed by atoms with Gasteiger partial charge in [-0.15, -0.1) is 0 Å². The van der Waals surface area contributed by atoms with E-state index in [-0.39, 0.29) is 26.1 Å². The Morgan fingerprint density at radius 3 is 1.88 bits per heavy atom. The first-order chi connectivity index (χ1) is 15.6. The van der Waals surface area contributed by atoms with Gasteiger partial charge in [0, 0.05) is 13.3 Å². The van der Waals surface area contributed by atoms with Gasteiger partial charge in [0.15, 0.2) is 0 Å². The minimum absolute atomic E-state index is 0.0613. The van der Waals surface area contributed by atoms with Crippen LogP contribution in [0.3, 0.4) is 0 Å². The van der Waals surface area contributed by atoms with E-state index in [1.807, 2.05) is 19.1 Å². The highest BCUT2D eigenvalue weighted by Crippen LogP contribution is 2.52. The Hall–Kier alpha value is -3.00. The van der Waals surface area contributed by atoms with E-state index in [9.17, 15) is 24.1 Å². The van der Waals surface area contributed by atoms with Crippen LogP contribution in [0.25, 0.3) is 0 Å². The minimum Gasteiger partial charge on any atom is -0.481 e. The summed E-state index contributed by atoms with van der Waals surface area (Å²) >= 11 is 0. The summed E-state index contributed by atoms with van der Waals surface area (Å²) in [7, 11) is -3.93. The summed E-state index contributed by atoms with van der Waals surface area (Å²) in [6, 6.07) is 13.6. The zero-order valence-corrected chi connectivity index (χ0v) is 19.3. The van der Waals surface area contributed by atoms with Crippen molar-refractivity contribution in [1.82, 2.24) is 0 Å². The molecule has 0 aliphatic carbocycles. The van der Waals surface area contributed by atoms with Crippen molar-refractivity contribution in [3.05, 3.63) is 65.2 Å². The van der Waals surface area contributed by atoms with Crippen LogP contribution in [-0.4, -0.2) is 34.3 Å². The van der Waals surface area contributed by atoms with Crippen molar-refractivity contribution in [1.29, 1.82) is 0 Å². The third kappa shape index (κ3) is 9.57. The number of carboxylic acids is 2. The molecule has 33 heavy (non-hydrogen) atoms. The maximum Gasteiger partial charge on any atom is 0.332 e. The molecule has 2 rings (SSSR count). The lowest BCUT2D eigenvalue weighted by Gasteiger charge is -2.22. The van der Waals surface area contributed by atoms with Gasteiger partial charge in [-0.3, -0.25) is 18.9 Å². The second-order valence-corrected chi connectivity index (χ2v) is 9.63. The topological polar surface area (TPSA) is 136 Å². The van der Waals surface area contributed by atoms with Crippen LogP contribution in [0.1, 0.15) is 36.5 Å². The number of carbonyl (C=O) groups excluding carboxylic acids is 1. The molecule has 0 saturated heterocycles. The molecule has 0 spiro atoms. The number of carboxylic acid groups (broad SMARTS) is 2. The molecular weight excluding hydrogens is 451 g/mol. The maximum absolute atomic E-state index is 13.5. The van der Waals surface area contributed by atoms with E-state index in [0.717, 1.165) is 11.1 Å². The molecular formula is C23H27O9P. The Morgan fingerprint density at radius 1 is 0.909 bits per heavy atom. The third-order valence-electron chi connectivity index (χ3n) is 4.66. The van der Waals surface area contributed by atoms with E-state index < -0.39 is 37.6 Å². The first kappa shape index (κ1) is 26.3. The van der Waals surface area contributed by atoms with Crippen LogP contribution >= 0.6 is 7.60 Å². The van der Waals surface area contributed by atoms with E-state index in [1.165, 1.54) is 6.92 Å². The van der Waals surface area contributed by atoms with Crippen molar-refractivity contribution in [2.24, 2.45) is 5.92 Å². The van der Waals surface area contributed by atoms with Crippen LogP contribution in [-0.2, 0) is 41.2 Å². The zero-order chi connectivity index (χ0) is 24.4. The maximum atomic E-state index is 13.5. The second kappa shape index (κ2) is 12.3. The number of aliphatic carboxylic acids is 2. The first-order valence-electron chi connectivity index (χ1n) is 10.2. The van der Waals surface area contributed by atoms with Gasteiger partial charge in [0.25, 0.3) is 0 Å². The highest BCUT2D eigenvalue weighted by Gasteiger charge is 2.33. The molecule has 178 valence electrons. The molecule has 2 aromatic rings. The highest BCUT2D eigenvalue weighted by molar-refractivity contribution is 7.53. The van der Waals surface area contributed by atoms with E-state index in [1.54, 1.807) is 36.4 Å². The summed E-state index contributed by atoms with van der Waals surface area (Å²) in [5.41, 5.74) is 2.37. The molecule has 9 nitrogen and oxygen atoms in total. The summed E-state index contributed by atoms with van der Waals surface area (Å²) in [5, 5.41) is 18.4. The van der Waals surface area contributed by atoms with Crippen LogP contribution in [0.2, 0.25) is 0 Å². The molecule has 0 saturated carbocycles. The summed E-state index contributed by atoms with van der Waals surface area (Å²) in [6.45, 7) is 3.00. The van der Waals surface area contributed by atoms with E-state index in [2.05, 4.69) is 0 Å². The van der Waals surface area contributed by atoms with Crippen LogP contribution < -0.4 is 4.74 Å². The standard InChI is InChI=1S/C23H27O9P/c1-16-3-5-18(6-4-16)13-30-33(29,15-20(23(27)28)9-12-22(25)26)31-14-19-7-10-21(11-8-19)32-17(2)24/h3-8,10-11,20H,9,12-15H2,1-2H3,(H,25,26)(H,27,28). The van der Waals surface area contributed by atoms with Gasteiger partial charge in [-0.2, -0.15) is 0 Å². The molecule has 0 aliphatic heterocycles. The fraction of sp³-hybridized carbons (Fsp3) is 0.348. The van der Waals surface area contributed by atoms with Gasteiger partial charge >= 0.3 is 25.5 Å². The number of benzene rings is 2. The van der Waals surface area contributed by atoms with Gasteiger partial charge in [-0.25, -0.2) is 0 Å². The molecule has 2 atom stereocenters. The predicted molar refractivity (Wildman–Crippen MR) is 119 cm³/mol. The monoisotopic (exact) mass is 478 g/mol. The number of ether oxygens (including phenoxy) is 1. The Labute approximate surface area is 191 Å².